The molecule has 0 aromatic rings. The second kappa shape index (κ2) is 19.3. The van der Waals surface area contributed by atoms with Crippen LogP contribution in [0.25, 0.3) is 0 Å². The number of carbonyl (C=O) groups is 1. The van der Waals surface area contributed by atoms with Gasteiger partial charge in [0.05, 0.1) is 37.6 Å². The largest absolute Gasteiger partial charge is 0.490 e. The molecule has 2 unspecified atom stereocenters. The van der Waals surface area contributed by atoms with Crippen LogP contribution in [0, 0.1) is 35.5 Å². The first-order chi connectivity index (χ1) is 23.0. The summed E-state index contributed by atoms with van der Waals surface area (Å²) in [5, 5.41) is 56.7. The molecule has 280 valence electrons. The molecule has 0 aliphatic carbocycles. The number of aliphatic hydroxyl groups is 5. The third-order valence-electron chi connectivity index (χ3n) is 10.6. The maximum Gasteiger partial charge on any atom is 0.373 e. The van der Waals surface area contributed by atoms with Gasteiger partial charge in [0.1, 0.15) is 12.2 Å². The lowest BCUT2D eigenvalue weighted by molar-refractivity contribution is -0.313. The van der Waals surface area contributed by atoms with E-state index in [9.17, 15) is 30.3 Å². The molecule has 14 atom stereocenters. The summed E-state index contributed by atoms with van der Waals surface area (Å²) in [6.45, 7) is 16.6. The predicted octanol–water partition coefficient (Wildman–Crippen LogP) is 5.00. The molecule has 0 radical (unpaired) electrons. The van der Waals surface area contributed by atoms with E-state index >= 15 is 0 Å². The average Bonchev–Trinajstić information content (AvgIpc) is 3.05. The summed E-state index contributed by atoms with van der Waals surface area (Å²) in [5.74, 6) is -5.49. The molecule has 1 fully saturated rings. The van der Waals surface area contributed by atoms with Gasteiger partial charge in [-0.05, 0) is 45.6 Å². The Morgan fingerprint density at radius 2 is 1.76 bits per heavy atom. The molecule has 10 heteroatoms. The number of hydrogen-bond donors (Lipinski definition) is 5. The number of hydrogen-bond acceptors (Lipinski definition) is 10. The van der Waals surface area contributed by atoms with Crippen molar-refractivity contribution < 1.29 is 49.3 Å². The summed E-state index contributed by atoms with van der Waals surface area (Å²) >= 11 is 0. The van der Waals surface area contributed by atoms with Crippen molar-refractivity contribution in [1.29, 1.82) is 0 Å². The molecule has 0 aromatic carbocycles. The monoisotopic (exact) mass is 692 g/mol. The Morgan fingerprint density at radius 3 is 2.33 bits per heavy atom. The van der Waals surface area contributed by atoms with Crippen LogP contribution in [0.5, 0.6) is 0 Å². The lowest BCUT2D eigenvalue weighted by atomic mass is 9.77. The van der Waals surface area contributed by atoms with Crippen LogP contribution in [0.3, 0.4) is 0 Å². The van der Waals surface area contributed by atoms with Crippen LogP contribution >= 0.6 is 0 Å². The number of carbonyl (C=O) groups excluding carboxylic acids is 1. The number of esters is 1. The molecule has 0 amide bonds. The number of allylic oxidation sites excluding steroid dienone is 6. The van der Waals surface area contributed by atoms with Gasteiger partial charge in [0.15, 0.2) is 5.79 Å². The Kier molecular flexibility index (Phi) is 16.9. The fourth-order valence-electron chi connectivity index (χ4n) is 7.18. The van der Waals surface area contributed by atoms with Crippen LogP contribution in [0.4, 0.5) is 0 Å². The molecule has 0 saturated carbocycles. The average molecular weight is 693 g/mol. The van der Waals surface area contributed by atoms with E-state index in [2.05, 4.69) is 0 Å². The van der Waals surface area contributed by atoms with Gasteiger partial charge >= 0.3 is 5.97 Å². The third kappa shape index (κ3) is 11.1. The summed E-state index contributed by atoms with van der Waals surface area (Å²) in [7, 11) is 2.84. The number of ether oxygens (including phenoxy) is 4. The Bertz CT molecular complexity index is 1210. The van der Waals surface area contributed by atoms with Gasteiger partial charge in [-0.25, -0.2) is 4.79 Å². The van der Waals surface area contributed by atoms with Crippen LogP contribution in [-0.2, 0) is 23.7 Å². The number of cyclic esters (lactones) is 1. The number of rotatable bonds is 8. The lowest BCUT2D eigenvalue weighted by Gasteiger charge is -2.47. The smallest absolute Gasteiger partial charge is 0.373 e. The van der Waals surface area contributed by atoms with Gasteiger partial charge in [-0.1, -0.05) is 89.1 Å². The van der Waals surface area contributed by atoms with E-state index in [1.54, 1.807) is 45.1 Å². The maximum atomic E-state index is 13.7. The molecular weight excluding hydrogens is 628 g/mol. The highest BCUT2D eigenvalue weighted by Gasteiger charge is 2.50. The van der Waals surface area contributed by atoms with Crippen LogP contribution in [0.2, 0.25) is 0 Å². The Balaban J connectivity index is 2.59. The van der Waals surface area contributed by atoms with E-state index in [1.807, 2.05) is 53.7 Å². The molecule has 1 saturated heterocycles. The van der Waals surface area contributed by atoms with Gasteiger partial charge in [-0.2, -0.15) is 0 Å². The number of methoxy groups -OCH3 is 2. The van der Waals surface area contributed by atoms with Crippen molar-refractivity contribution in [3.63, 3.8) is 0 Å². The first kappa shape index (κ1) is 42.9. The van der Waals surface area contributed by atoms with E-state index in [1.165, 1.54) is 20.3 Å². The van der Waals surface area contributed by atoms with Gasteiger partial charge in [0, 0.05) is 43.1 Å². The normalized spacial score (nSPS) is 41.1. The molecule has 2 heterocycles. The molecule has 2 rings (SSSR count). The predicted molar refractivity (Wildman–Crippen MR) is 190 cm³/mol. The quantitative estimate of drug-likeness (QED) is 0.173. The van der Waals surface area contributed by atoms with Crippen molar-refractivity contribution in [2.45, 2.75) is 130 Å². The summed E-state index contributed by atoms with van der Waals surface area (Å²) < 4.78 is 23.4. The molecule has 5 N–H and O–H groups in total. The molecule has 0 aromatic heterocycles. The van der Waals surface area contributed by atoms with E-state index < -0.39 is 66.3 Å². The topological polar surface area (TPSA) is 155 Å². The zero-order valence-electron chi connectivity index (χ0n) is 31.4. The second-order valence-electron chi connectivity index (χ2n) is 14.4. The van der Waals surface area contributed by atoms with Gasteiger partial charge in [-0.15, -0.1) is 0 Å². The van der Waals surface area contributed by atoms with Crippen molar-refractivity contribution in [2.75, 3.05) is 14.2 Å². The minimum Gasteiger partial charge on any atom is -0.490 e. The van der Waals surface area contributed by atoms with Crippen LogP contribution < -0.4 is 0 Å². The van der Waals surface area contributed by atoms with Crippen molar-refractivity contribution in [3.05, 3.63) is 59.4 Å². The van der Waals surface area contributed by atoms with E-state index in [-0.39, 0.29) is 35.9 Å². The first-order valence-corrected chi connectivity index (χ1v) is 17.7. The Morgan fingerprint density at radius 1 is 1.10 bits per heavy atom. The maximum absolute atomic E-state index is 13.7. The number of aliphatic hydroxyl groups excluding tert-OH is 4. The minimum absolute atomic E-state index is 0.0906. The zero-order valence-corrected chi connectivity index (χ0v) is 31.4. The fraction of sp³-hybridized carbons (Fsp3) is 0.718. The molecule has 0 bridgehead atoms. The highest BCUT2D eigenvalue weighted by atomic mass is 16.6. The summed E-state index contributed by atoms with van der Waals surface area (Å²) in [5.41, 5.74) is 1.64. The van der Waals surface area contributed by atoms with Gasteiger partial charge < -0.3 is 44.5 Å². The highest BCUT2D eigenvalue weighted by Crippen LogP contribution is 2.40. The van der Waals surface area contributed by atoms with Crippen molar-refractivity contribution in [1.82, 2.24) is 0 Å². The lowest BCUT2D eigenvalue weighted by Crippen LogP contribution is -2.58. The van der Waals surface area contributed by atoms with Gasteiger partial charge in [0.2, 0.25) is 5.76 Å². The van der Waals surface area contributed by atoms with E-state index in [0.29, 0.717) is 18.4 Å². The molecule has 2 aliphatic heterocycles. The molecule has 0 spiro atoms. The molecular formula is C39H64O10. The summed E-state index contributed by atoms with van der Waals surface area (Å²) in [4.78, 5) is 13.7. The second-order valence-corrected chi connectivity index (χ2v) is 14.4. The van der Waals surface area contributed by atoms with Crippen LogP contribution in [0.15, 0.2) is 59.4 Å². The molecule has 10 nitrogen and oxygen atoms in total. The fourth-order valence-corrected chi connectivity index (χ4v) is 7.18. The highest BCUT2D eigenvalue weighted by molar-refractivity contribution is 5.87. The first-order valence-electron chi connectivity index (χ1n) is 17.7. The van der Waals surface area contributed by atoms with Crippen molar-refractivity contribution in [2.24, 2.45) is 35.5 Å². The van der Waals surface area contributed by atoms with E-state index in [0.717, 1.165) is 5.57 Å². The Hall–Kier alpha value is -2.31. The molecule has 2 aliphatic rings. The van der Waals surface area contributed by atoms with Gasteiger partial charge in [0.25, 0.3) is 0 Å². The third-order valence-corrected chi connectivity index (χ3v) is 10.6. The molecule has 49 heavy (non-hydrogen) atoms. The Labute approximate surface area is 294 Å². The summed E-state index contributed by atoms with van der Waals surface area (Å²) in [6, 6.07) is 0. The van der Waals surface area contributed by atoms with E-state index in [4.69, 9.17) is 18.9 Å². The minimum atomic E-state index is -1.86. The van der Waals surface area contributed by atoms with Crippen LogP contribution in [0.1, 0.15) is 81.6 Å². The standard InChI is InChI=1S/C39H64O10/c1-12-15-31-26(7)30(40)21-39(45,49-31)28(9)36(43)27(8)37-32(46-10)17-14-16-22(3)18-24(5)34(41)29(13-2)35(42)25(6)19-23(4)20-33(47-11)38(44)48-37/h12,14-17,19-20,24-32,34-37,40-43,45H,13,18,21H2,1-11H3/b15-12+,17-14?,22-16+,23-19+,33-20-/t24-,25-,26+,27+,28+,29?,30-,31-,32+,34+,35-,36-,37?,39-/m1/s1. The zero-order chi connectivity index (χ0) is 37.2. The summed E-state index contributed by atoms with van der Waals surface area (Å²) in [6.07, 6.45) is 7.35. The van der Waals surface area contributed by atoms with Crippen LogP contribution in [-0.4, -0.2) is 94.2 Å². The van der Waals surface area contributed by atoms with Gasteiger partial charge in [-0.3, -0.25) is 0 Å². The van der Waals surface area contributed by atoms with Crippen molar-refractivity contribution in [3.8, 4) is 0 Å². The SMILES string of the molecule is C/C=C/[C@H]1O[C@@](O)([C@@H](C)[C@H](O)[C@H](C)C2OC(=O)/C(OC)=C/C(C)=C/[C@@H](C)[C@@H](O)C(CC)[C@@H](O)[C@H](C)C/C(C)=C/C=C[C@@H]2OC)C[C@@H](O)[C@@H]1C. The van der Waals surface area contributed by atoms with Crippen molar-refractivity contribution >= 4 is 5.97 Å².